The maximum atomic E-state index is 12.6. The molecule has 138 valence electrons. The van der Waals surface area contributed by atoms with Gasteiger partial charge < -0.3 is 26.4 Å². The van der Waals surface area contributed by atoms with Crippen LogP contribution in [0.25, 0.3) is 0 Å². The van der Waals surface area contributed by atoms with Gasteiger partial charge in [0, 0.05) is 19.8 Å². The van der Waals surface area contributed by atoms with E-state index in [1.807, 2.05) is 30.3 Å². The molecule has 7 heteroatoms. The summed E-state index contributed by atoms with van der Waals surface area (Å²) in [5, 5.41) is 30.8. The van der Waals surface area contributed by atoms with E-state index in [4.69, 9.17) is 0 Å². The van der Waals surface area contributed by atoms with Crippen LogP contribution in [0.2, 0.25) is 0 Å². The van der Waals surface area contributed by atoms with Crippen LogP contribution < -0.4 is 11.1 Å². The fourth-order valence-corrected chi connectivity index (χ4v) is 2.59. The molecule has 0 aromatic heterocycles. The Labute approximate surface area is 151 Å². The minimum atomic E-state index is -1.19. The average molecular weight is 359 g/mol. The van der Waals surface area contributed by atoms with Crippen molar-refractivity contribution in [1.82, 2.24) is 5.32 Å². The number of amides is 1. The lowest BCUT2D eigenvalue weighted by Gasteiger charge is -2.23. The number of benzene rings is 2. The van der Waals surface area contributed by atoms with E-state index in [9.17, 15) is 24.9 Å². The van der Waals surface area contributed by atoms with Gasteiger partial charge in [-0.2, -0.15) is 0 Å². The molecule has 0 saturated carbocycles. The lowest BCUT2D eigenvalue weighted by atomic mass is 9.92. The van der Waals surface area contributed by atoms with Gasteiger partial charge >= 0.3 is 5.97 Å². The van der Waals surface area contributed by atoms with Gasteiger partial charge in [-0.25, -0.2) is 4.79 Å². The minimum Gasteiger partial charge on any atom is -0.504 e. The van der Waals surface area contributed by atoms with Gasteiger partial charge in [0.15, 0.2) is 17.0 Å². The third kappa shape index (κ3) is 4.97. The van der Waals surface area contributed by atoms with Crippen LogP contribution in [0.15, 0.2) is 48.5 Å². The van der Waals surface area contributed by atoms with Crippen LogP contribution in [0.1, 0.15) is 18.1 Å². The highest BCUT2D eigenvalue weighted by molar-refractivity contribution is 5.88. The molecule has 0 saturated heterocycles. The molecule has 0 aliphatic carbocycles. The summed E-state index contributed by atoms with van der Waals surface area (Å²) in [7, 11) is 0. The zero-order chi connectivity index (χ0) is 19.3. The number of carboxylic acid groups (broad SMARTS) is 1. The second kappa shape index (κ2) is 7.88. The molecule has 1 amide bonds. The Morgan fingerprint density at radius 3 is 2.31 bits per heavy atom. The van der Waals surface area contributed by atoms with Crippen molar-refractivity contribution >= 4 is 11.9 Å². The van der Waals surface area contributed by atoms with Crippen LogP contribution in [0, 0.1) is 0 Å². The summed E-state index contributed by atoms with van der Waals surface area (Å²) in [5.41, 5.74) is 4.30. The number of phenols is 2. The van der Waals surface area contributed by atoms with Crippen molar-refractivity contribution in [3.05, 3.63) is 59.7 Å². The minimum absolute atomic E-state index is 0.0314. The topological polar surface area (TPSA) is 134 Å². The lowest BCUT2D eigenvalue weighted by molar-refractivity contribution is -0.451. The average Bonchev–Trinajstić information content (AvgIpc) is 2.57. The SMILES string of the molecule is C[C@]([NH3+])(Cc1ccccc1)C(=O)N[C@@H](Cc1ccc(O)c(O)c1)C(=O)O. The van der Waals surface area contributed by atoms with E-state index in [-0.39, 0.29) is 17.9 Å². The summed E-state index contributed by atoms with van der Waals surface area (Å²) in [4.78, 5) is 24.1. The molecule has 0 heterocycles. The Kier molecular flexibility index (Phi) is 5.84. The summed E-state index contributed by atoms with van der Waals surface area (Å²) in [6.45, 7) is 1.65. The first-order valence-electron chi connectivity index (χ1n) is 8.13. The van der Waals surface area contributed by atoms with Gasteiger partial charge in [-0.05, 0) is 23.3 Å². The smallest absolute Gasteiger partial charge is 0.326 e. The van der Waals surface area contributed by atoms with E-state index in [1.165, 1.54) is 18.2 Å². The van der Waals surface area contributed by atoms with Crippen molar-refractivity contribution in [3.63, 3.8) is 0 Å². The first kappa shape index (κ1) is 19.3. The molecule has 0 aliphatic rings. The van der Waals surface area contributed by atoms with Crippen LogP contribution in [0.4, 0.5) is 0 Å². The molecule has 0 unspecified atom stereocenters. The van der Waals surface area contributed by atoms with Crippen LogP contribution >= 0.6 is 0 Å². The van der Waals surface area contributed by atoms with E-state index in [1.54, 1.807) is 6.92 Å². The number of hydrogen-bond donors (Lipinski definition) is 5. The molecule has 2 rings (SSSR count). The van der Waals surface area contributed by atoms with Gasteiger partial charge in [0.05, 0.1) is 0 Å². The molecule has 7 nitrogen and oxygen atoms in total. The predicted molar refractivity (Wildman–Crippen MR) is 94.5 cm³/mol. The fraction of sp³-hybridized carbons (Fsp3) is 0.263. The van der Waals surface area contributed by atoms with Gasteiger partial charge in [-0.1, -0.05) is 36.4 Å². The molecule has 2 aromatic carbocycles. The van der Waals surface area contributed by atoms with Crippen LogP contribution in [-0.2, 0) is 22.4 Å². The predicted octanol–water partition coefficient (Wildman–Crippen LogP) is 0.453. The zero-order valence-electron chi connectivity index (χ0n) is 14.5. The van der Waals surface area contributed by atoms with Gasteiger partial charge in [0.1, 0.15) is 6.04 Å². The number of aromatic hydroxyl groups is 2. The standard InChI is InChI=1S/C19H22N2O5/c1-19(20,11-12-5-3-2-4-6-12)18(26)21-14(17(24)25)9-13-7-8-15(22)16(23)10-13/h2-8,10,14,22-23H,9,11,20H2,1H3,(H,21,26)(H,24,25)/p+1/t14-,19-/m0/s1. The van der Waals surface area contributed by atoms with Crippen molar-refractivity contribution in [1.29, 1.82) is 0 Å². The van der Waals surface area contributed by atoms with E-state index >= 15 is 0 Å². The summed E-state index contributed by atoms with van der Waals surface area (Å²) >= 11 is 0. The number of quaternary nitrogens is 1. The van der Waals surface area contributed by atoms with Crippen LogP contribution in [0.5, 0.6) is 11.5 Å². The Balaban J connectivity index is 2.09. The van der Waals surface area contributed by atoms with Crippen molar-refractivity contribution < 1.29 is 30.6 Å². The summed E-state index contributed by atoms with van der Waals surface area (Å²) in [5.74, 6) is -2.31. The first-order valence-corrected chi connectivity index (χ1v) is 8.13. The molecule has 7 N–H and O–H groups in total. The van der Waals surface area contributed by atoms with Crippen molar-refractivity contribution in [2.45, 2.75) is 31.3 Å². The van der Waals surface area contributed by atoms with Gasteiger partial charge in [0.2, 0.25) is 0 Å². The molecular weight excluding hydrogens is 336 g/mol. The third-order valence-corrected chi connectivity index (χ3v) is 4.07. The van der Waals surface area contributed by atoms with Crippen molar-refractivity contribution in [2.75, 3.05) is 0 Å². The van der Waals surface area contributed by atoms with Gasteiger partial charge in [-0.15, -0.1) is 0 Å². The molecule has 0 spiro atoms. The highest BCUT2D eigenvalue weighted by Crippen LogP contribution is 2.25. The molecule has 2 atom stereocenters. The van der Waals surface area contributed by atoms with Crippen LogP contribution in [0.3, 0.4) is 0 Å². The van der Waals surface area contributed by atoms with Gasteiger partial charge in [0.25, 0.3) is 5.91 Å². The Morgan fingerprint density at radius 2 is 1.73 bits per heavy atom. The number of carboxylic acids is 1. The van der Waals surface area contributed by atoms with E-state index in [0.717, 1.165) is 5.56 Å². The Hall–Kier alpha value is -3.06. The van der Waals surface area contributed by atoms with Crippen molar-refractivity contribution in [2.24, 2.45) is 0 Å². The number of phenolic OH excluding ortho intramolecular Hbond substituents is 2. The second-order valence-corrected chi connectivity index (χ2v) is 6.61. The maximum Gasteiger partial charge on any atom is 0.326 e. The normalized spacial score (nSPS) is 14.2. The highest BCUT2D eigenvalue weighted by atomic mass is 16.4. The number of carbonyl (C=O) groups is 2. The number of nitrogens with one attached hydrogen (secondary N) is 1. The Bertz CT molecular complexity index is 790. The fourth-order valence-electron chi connectivity index (χ4n) is 2.59. The largest absolute Gasteiger partial charge is 0.504 e. The number of carbonyl (C=O) groups excluding carboxylic acids is 1. The summed E-state index contributed by atoms with van der Waals surface area (Å²) in [6.07, 6.45) is 0.336. The van der Waals surface area contributed by atoms with Crippen LogP contribution in [-0.4, -0.2) is 38.8 Å². The lowest BCUT2D eigenvalue weighted by Crippen LogP contribution is -2.78. The van der Waals surface area contributed by atoms with E-state index < -0.39 is 23.5 Å². The second-order valence-electron chi connectivity index (χ2n) is 6.61. The summed E-state index contributed by atoms with van der Waals surface area (Å²) < 4.78 is 0. The highest BCUT2D eigenvalue weighted by Gasteiger charge is 2.35. The monoisotopic (exact) mass is 359 g/mol. The zero-order valence-corrected chi connectivity index (χ0v) is 14.5. The number of aliphatic carboxylic acids is 1. The third-order valence-electron chi connectivity index (χ3n) is 4.07. The first-order chi connectivity index (χ1) is 12.2. The summed E-state index contributed by atoms with van der Waals surface area (Å²) in [6, 6.07) is 12.2. The molecule has 2 aromatic rings. The Morgan fingerprint density at radius 1 is 1.08 bits per heavy atom. The van der Waals surface area contributed by atoms with Gasteiger partial charge in [-0.3, -0.25) is 4.79 Å². The molecule has 0 fully saturated rings. The maximum absolute atomic E-state index is 12.6. The molecule has 0 radical (unpaired) electrons. The number of hydrogen-bond acceptors (Lipinski definition) is 4. The molecule has 0 bridgehead atoms. The molecular formula is C19H23N2O5+. The quantitative estimate of drug-likeness (QED) is 0.458. The van der Waals surface area contributed by atoms with E-state index in [2.05, 4.69) is 11.1 Å². The molecule has 0 aliphatic heterocycles. The molecule has 26 heavy (non-hydrogen) atoms. The van der Waals surface area contributed by atoms with Crippen molar-refractivity contribution in [3.8, 4) is 11.5 Å². The number of rotatable bonds is 7. The van der Waals surface area contributed by atoms with E-state index in [0.29, 0.717) is 12.0 Å².